The molecule has 2 saturated heterocycles. The van der Waals surface area contributed by atoms with Crippen LogP contribution in [0.25, 0.3) is 0 Å². The van der Waals surface area contributed by atoms with Gasteiger partial charge in [0.2, 0.25) is 5.91 Å². The Bertz CT molecular complexity index is 597. The van der Waals surface area contributed by atoms with Gasteiger partial charge in [-0.15, -0.1) is 0 Å². The number of benzene rings is 1. The highest BCUT2D eigenvalue weighted by atomic mass is 16.3. The van der Waals surface area contributed by atoms with E-state index >= 15 is 0 Å². The number of hydrogen-bond donors (Lipinski definition) is 1. The highest BCUT2D eigenvalue weighted by Gasteiger charge is 2.48. The molecule has 26 heavy (non-hydrogen) atoms. The smallest absolute Gasteiger partial charge is 0.228 e. The topological polar surface area (TPSA) is 43.8 Å². The lowest BCUT2D eigenvalue weighted by molar-refractivity contribution is -0.137. The number of carbonyl (C=O) groups is 1. The fourth-order valence-electron chi connectivity index (χ4n) is 5.20. The maximum Gasteiger partial charge on any atom is 0.228 e. The first kappa shape index (κ1) is 18.0. The van der Waals surface area contributed by atoms with Crippen LogP contribution in [-0.2, 0) is 11.2 Å². The zero-order valence-corrected chi connectivity index (χ0v) is 15.7. The molecular weight excluding hydrogens is 324 g/mol. The normalized spacial score (nSPS) is 30.6. The Labute approximate surface area is 157 Å². The second-order valence-corrected chi connectivity index (χ2v) is 8.48. The first-order valence-electron chi connectivity index (χ1n) is 10.5. The summed E-state index contributed by atoms with van der Waals surface area (Å²) >= 11 is 0. The van der Waals surface area contributed by atoms with E-state index < -0.39 is 6.23 Å². The minimum atomic E-state index is -0.524. The van der Waals surface area contributed by atoms with Gasteiger partial charge in [-0.3, -0.25) is 4.79 Å². The van der Waals surface area contributed by atoms with Crippen molar-refractivity contribution in [2.45, 2.75) is 51.2 Å². The summed E-state index contributed by atoms with van der Waals surface area (Å²) in [5.74, 6) is 1.07. The molecule has 1 aromatic carbocycles. The number of rotatable bonds is 5. The highest BCUT2D eigenvalue weighted by molar-refractivity contribution is 5.81. The molecule has 0 spiro atoms. The predicted octanol–water partition coefficient (Wildman–Crippen LogP) is 2.91. The molecule has 2 heterocycles. The summed E-state index contributed by atoms with van der Waals surface area (Å²) in [6, 6.07) is 10.7. The standard InChI is InChI=1S/C22H32N2O2/c25-21-19-8-4-5-9-20(19)22(26)24(21)16-18-11-14-23(15-12-18)13-10-17-6-2-1-3-7-17/h1-3,6-7,18-21,25H,4-5,8-16H2. The molecule has 2 aliphatic heterocycles. The van der Waals surface area contributed by atoms with Crippen molar-refractivity contribution in [1.82, 2.24) is 9.80 Å². The van der Waals surface area contributed by atoms with Gasteiger partial charge in [-0.2, -0.15) is 0 Å². The van der Waals surface area contributed by atoms with Crippen molar-refractivity contribution in [3.8, 4) is 0 Å². The van der Waals surface area contributed by atoms with Crippen LogP contribution < -0.4 is 0 Å². The fourth-order valence-corrected chi connectivity index (χ4v) is 5.20. The van der Waals surface area contributed by atoms with Crippen molar-refractivity contribution in [3.05, 3.63) is 35.9 Å². The van der Waals surface area contributed by atoms with E-state index in [4.69, 9.17) is 0 Å². The molecule has 4 nitrogen and oxygen atoms in total. The molecule has 3 atom stereocenters. The average Bonchev–Trinajstić information content (AvgIpc) is 2.93. The van der Waals surface area contributed by atoms with Gasteiger partial charge in [0.1, 0.15) is 6.23 Å². The second kappa shape index (κ2) is 8.10. The molecule has 0 radical (unpaired) electrons. The number of hydrogen-bond acceptors (Lipinski definition) is 3. The van der Waals surface area contributed by atoms with Crippen LogP contribution in [0.4, 0.5) is 0 Å². The Balaban J connectivity index is 1.24. The maximum atomic E-state index is 12.7. The summed E-state index contributed by atoms with van der Waals surface area (Å²) in [5, 5.41) is 10.6. The number of amides is 1. The molecule has 142 valence electrons. The third-order valence-electron chi connectivity index (χ3n) is 6.84. The van der Waals surface area contributed by atoms with Crippen molar-refractivity contribution < 1.29 is 9.90 Å². The van der Waals surface area contributed by atoms with E-state index in [1.54, 1.807) is 0 Å². The van der Waals surface area contributed by atoms with Crippen LogP contribution in [0.15, 0.2) is 30.3 Å². The largest absolute Gasteiger partial charge is 0.373 e. The zero-order chi connectivity index (χ0) is 17.9. The molecule has 3 aliphatic rings. The molecule has 1 N–H and O–H groups in total. The van der Waals surface area contributed by atoms with Gasteiger partial charge in [0.15, 0.2) is 0 Å². The Morgan fingerprint density at radius 3 is 2.46 bits per heavy atom. The fraction of sp³-hybridized carbons (Fsp3) is 0.682. The molecule has 1 aliphatic carbocycles. The minimum Gasteiger partial charge on any atom is -0.373 e. The van der Waals surface area contributed by atoms with Gasteiger partial charge in [0, 0.05) is 24.9 Å². The molecule has 0 aromatic heterocycles. The van der Waals surface area contributed by atoms with Crippen molar-refractivity contribution in [3.63, 3.8) is 0 Å². The molecule has 0 bridgehead atoms. The Morgan fingerprint density at radius 1 is 1.00 bits per heavy atom. The van der Waals surface area contributed by atoms with E-state index in [1.165, 1.54) is 12.0 Å². The third kappa shape index (κ3) is 3.81. The SMILES string of the molecule is O=C1C2CCCCC2C(O)N1CC1CCN(CCc2ccccc2)CC1. The third-order valence-corrected chi connectivity index (χ3v) is 6.84. The van der Waals surface area contributed by atoms with Gasteiger partial charge < -0.3 is 14.9 Å². The Morgan fingerprint density at radius 2 is 1.73 bits per heavy atom. The van der Waals surface area contributed by atoms with Gasteiger partial charge in [-0.05, 0) is 56.7 Å². The lowest BCUT2D eigenvalue weighted by Gasteiger charge is -2.35. The van der Waals surface area contributed by atoms with Crippen LogP contribution in [0.2, 0.25) is 0 Å². The number of aliphatic hydroxyl groups excluding tert-OH is 1. The summed E-state index contributed by atoms with van der Waals surface area (Å²) in [7, 11) is 0. The van der Waals surface area contributed by atoms with Crippen molar-refractivity contribution in [2.24, 2.45) is 17.8 Å². The number of likely N-dealkylation sites (tertiary alicyclic amines) is 2. The van der Waals surface area contributed by atoms with Gasteiger partial charge in [0.25, 0.3) is 0 Å². The molecule has 3 unspecified atom stereocenters. The molecule has 4 heteroatoms. The van der Waals surface area contributed by atoms with Gasteiger partial charge in [-0.25, -0.2) is 0 Å². The highest BCUT2D eigenvalue weighted by Crippen LogP contribution is 2.41. The average molecular weight is 357 g/mol. The quantitative estimate of drug-likeness (QED) is 0.882. The number of carbonyl (C=O) groups excluding carboxylic acids is 1. The predicted molar refractivity (Wildman–Crippen MR) is 102 cm³/mol. The molecule has 3 fully saturated rings. The van der Waals surface area contributed by atoms with Crippen LogP contribution in [0.3, 0.4) is 0 Å². The van der Waals surface area contributed by atoms with E-state index in [0.29, 0.717) is 5.92 Å². The summed E-state index contributed by atoms with van der Waals surface area (Å²) in [5.41, 5.74) is 1.41. The number of nitrogens with zero attached hydrogens (tertiary/aromatic N) is 2. The first-order valence-corrected chi connectivity index (χ1v) is 10.5. The summed E-state index contributed by atoms with van der Waals surface area (Å²) < 4.78 is 0. The van der Waals surface area contributed by atoms with E-state index in [-0.39, 0.29) is 17.7 Å². The first-order chi connectivity index (χ1) is 12.7. The maximum absolute atomic E-state index is 12.7. The monoisotopic (exact) mass is 356 g/mol. The van der Waals surface area contributed by atoms with Gasteiger partial charge in [0.05, 0.1) is 0 Å². The van der Waals surface area contributed by atoms with Crippen molar-refractivity contribution in [1.29, 1.82) is 0 Å². The van der Waals surface area contributed by atoms with Crippen LogP contribution in [0.5, 0.6) is 0 Å². The Kier molecular flexibility index (Phi) is 5.60. The number of piperidine rings is 1. The summed E-state index contributed by atoms with van der Waals surface area (Å²) in [6.45, 7) is 4.11. The molecule has 4 rings (SSSR count). The van der Waals surface area contributed by atoms with Crippen LogP contribution in [-0.4, -0.2) is 53.2 Å². The van der Waals surface area contributed by atoms with Crippen LogP contribution in [0.1, 0.15) is 44.1 Å². The van der Waals surface area contributed by atoms with Gasteiger partial charge in [-0.1, -0.05) is 43.2 Å². The van der Waals surface area contributed by atoms with E-state index in [2.05, 4.69) is 35.2 Å². The van der Waals surface area contributed by atoms with E-state index in [1.807, 2.05) is 4.90 Å². The lowest BCUT2D eigenvalue weighted by Crippen LogP contribution is -2.43. The second-order valence-electron chi connectivity index (χ2n) is 8.48. The molecular formula is C22H32N2O2. The minimum absolute atomic E-state index is 0.102. The van der Waals surface area contributed by atoms with E-state index in [0.717, 1.165) is 64.7 Å². The molecule has 1 saturated carbocycles. The van der Waals surface area contributed by atoms with E-state index in [9.17, 15) is 9.90 Å². The Hall–Kier alpha value is -1.39. The lowest BCUT2D eigenvalue weighted by atomic mass is 9.81. The van der Waals surface area contributed by atoms with Crippen molar-refractivity contribution in [2.75, 3.05) is 26.2 Å². The molecule has 1 amide bonds. The van der Waals surface area contributed by atoms with Crippen LogP contribution in [0, 0.1) is 17.8 Å². The summed E-state index contributed by atoms with van der Waals surface area (Å²) in [6.07, 6.45) is 7.18. The number of aliphatic hydroxyl groups is 1. The van der Waals surface area contributed by atoms with Crippen LogP contribution >= 0.6 is 0 Å². The number of fused-ring (bicyclic) bond motifs is 1. The van der Waals surface area contributed by atoms with Crippen molar-refractivity contribution >= 4 is 5.91 Å². The summed E-state index contributed by atoms with van der Waals surface area (Å²) in [4.78, 5) is 17.1. The molecule has 1 aromatic rings. The van der Waals surface area contributed by atoms with Gasteiger partial charge >= 0.3 is 0 Å². The zero-order valence-electron chi connectivity index (χ0n) is 15.7.